The van der Waals surface area contributed by atoms with Gasteiger partial charge >= 0.3 is 0 Å². The Bertz CT molecular complexity index is 317. The Balaban J connectivity index is 2.17. The molecule has 2 rings (SSSR count). The van der Waals surface area contributed by atoms with Crippen LogP contribution < -0.4 is 0 Å². The van der Waals surface area contributed by atoms with Crippen LogP contribution in [0.25, 0.3) is 0 Å². The summed E-state index contributed by atoms with van der Waals surface area (Å²) in [5.74, 6) is 1.54. The second-order valence-corrected chi connectivity index (χ2v) is 4.71. The first-order chi connectivity index (χ1) is 6.68. The van der Waals surface area contributed by atoms with E-state index in [1.54, 1.807) is 11.1 Å². The number of hydrogen-bond acceptors (Lipinski definition) is 1. The van der Waals surface area contributed by atoms with Crippen LogP contribution in [0.3, 0.4) is 0 Å². The molecule has 0 amide bonds. The van der Waals surface area contributed by atoms with E-state index in [1.807, 2.05) is 0 Å². The SMILES string of the molecule is CC1c2ccccc2CC1CN(C)C. The summed E-state index contributed by atoms with van der Waals surface area (Å²) in [7, 11) is 4.32. The third-order valence-corrected chi connectivity index (χ3v) is 3.33. The Morgan fingerprint density at radius 3 is 2.64 bits per heavy atom. The summed E-state index contributed by atoms with van der Waals surface area (Å²) >= 11 is 0. The number of rotatable bonds is 2. The van der Waals surface area contributed by atoms with Crippen molar-refractivity contribution in [1.82, 2.24) is 4.90 Å². The topological polar surface area (TPSA) is 3.24 Å². The van der Waals surface area contributed by atoms with Gasteiger partial charge in [-0.2, -0.15) is 0 Å². The highest BCUT2D eigenvalue weighted by molar-refractivity contribution is 5.35. The first kappa shape index (κ1) is 9.72. The summed E-state index contributed by atoms with van der Waals surface area (Å²) in [6, 6.07) is 8.88. The van der Waals surface area contributed by atoms with Gasteiger partial charge in [0.25, 0.3) is 0 Å². The van der Waals surface area contributed by atoms with Crippen molar-refractivity contribution < 1.29 is 0 Å². The Morgan fingerprint density at radius 1 is 1.29 bits per heavy atom. The van der Waals surface area contributed by atoms with Crippen LogP contribution in [-0.2, 0) is 6.42 Å². The molecule has 0 radical (unpaired) electrons. The fourth-order valence-electron chi connectivity index (χ4n) is 2.57. The molecule has 14 heavy (non-hydrogen) atoms. The fourth-order valence-corrected chi connectivity index (χ4v) is 2.57. The zero-order valence-electron chi connectivity index (χ0n) is 9.33. The van der Waals surface area contributed by atoms with Gasteiger partial charge in [-0.1, -0.05) is 31.2 Å². The maximum Gasteiger partial charge on any atom is 0.00125 e. The molecule has 1 heteroatoms. The lowest BCUT2D eigenvalue weighted by molar-refractivity contribution is 0.309. The van der Waals surface area contributed by atoms with Gasteiger partial charge in [0.05, 0.1) is 0 Å². The van der Waals surface area contributed by atoms with Crippen molar-refractivity contribution in [3.63, 3.8) is 0 Å². The van der Waals surface area contributed by atoms with E-state index in [-0.39, 0.29) is 0 Å². The lowest BCUT2D eigenvalue weighted by atomic mass is 9.94. The van der Waals surface area contributed by atoms with Gasteiger partial charge in [-0.25, -0.2) is 0 Å². The van der Waals surface area contributed by atoms with Crippen LogP contribution in [0.1, 0.15) is 24.0 Å². The smallest absolute Gasteiger partial charge is 0.00125 e. The van der Waals surface area contributed by atoms with E-state index < -0.39 is 0 Å². The Labute approximate surface area is 86.7 Å². The lowest BCUT2D eigenvalue weighted by Gasteiger charge is -2.20. The predicted octanol–water partition coefficient (Wildman–Crippen LogP) is 2.52. The van der Waals surface area contributed by atoms with Gasteiger partial charge in [0, 0.05) is 6.54 Å². The van der Waals surface area contributed by atoms with Crippen molar-refractivity contribution in [2.45, 2.75) is 19.3 Å². The second kappa shape index (κ2) is 3.74. The number of fused-ring (bicyclic) bond motifs is 1. The van der Waals surface area contributed by atoms with Crippen molar-refractivity contribution in [2.75, 3.05) is 20.6 Å². The van der Waals surface area contributed by atoms with Crippen LogP contribution in [0, 0.1) is 5.92 Å². The number of nitrogens with zero attached hydrogens (tertiary/aromatic N) is 1. The summed E-state index contributed by atoms with van der Waals surface area (Å²) < 4.78 is 0. The standard InChI is InChI=1S/C13H19N/c1-10-12(9-14(2)3)8-11-6-4-5-7-13(10)11/h4-7,10,12H,8-9H2,1-3H3. The minimum atomic E-state index is 0.730. The fraction of sp³-hybridized carbons (Fsp3) is 0.538. The second-order valence-electron chi connectivity index (χ2n) is 4.71. The average molecular weight is 189 g/mol. The molecule has 0 heterocycles. The van der Waals surface area contributed by atoms with Crippen LogP contribution in [-0.4, -0.2) is 25.5 Å². The lowest BCUT2D eigenvalue weighted by Crippen LogP contribution is -2.23. The zero-order chi connectivity index (χ0) is 10.1. The molecule has 0 aliphatic heterocycles. The molecule has 76 valence electrons. The molecule has 2 atom stereocenters. The molecule has 2 unspecified atom stereocenters. The third-order valence-electron chi connectivity index (χ3n) is 3.33. The summed E-state index contributed by atoms with van der Waals surface area (Å²) in [6.07, 6.45) is 1.26. The molecule has 0 N–H and O–H groups in total. The minimum Gasteiger partial charge on any atom is -0.309 e. The highest BCUT2D eigenvalue weighted by atomic mass is 15.1. The van der Waals surface area contributed by atoms with Gasteiger partial charge in [0.15, 0.2) is 0 Å². The molecule has 0 saturated heterocycles. The molecule has 0 fully saturated rings. The maximum atomic E-state index is 2.36. The molecular formula is C13H19N. The molecule has 0 saturated carbocycles. The van der Waals surface area contributed by atoms with E-state index >= 15 is 0 Å². The molecule has 1 aromatic rings. The van der Waals surface area contributed by atoms with Gasteiger partial charge in [0.2, 0.25) is 0 Å². The van der Waals surface area contributed by atoms with E-state index in [9.17, 15) is 0 Å². The normalized spacial score (nSPS) is 25.4. The maximum absolute atomic E-state index is 2.36. The van der Waals surface area contributed by atoms with Crippen molar-refractivity contribution in [3.05, 3.63) is 35.4 Å². The van der Waals surface area contributed by atoms with Crippen LogP contribution in [0.4, 0.5) is 0 Å². The third kappa shape index (κ3) is 1.69. The van der Waals surface area contributed by atoms with Gasteiger partial charge in [-0.15, -0.1) is 0 Å². The van der Waals surface area contributed by atoms with Gasteiger partial charge < -0.3 is 4.90 Å². The van der Waals surface area contributed by atoms with Gasteiger partial charge in [0.1, 0.15) is 0 Å². The van der Waals surface area contributed by atoms with E-state index in [2.05, 4.69) is 50.2 Å². The van der Waals surface area contributed by atoms with E-state index in [4.69, 9.17) is 0 Å². The Kier molecular flexibility index (Phi) is 2.60. The molecule has 1 aromatic carbocycles. The highest BCUT2D eigenvalue weighted by Gasteiger charge is 2.28. The quantitative estimate of drug-likeness (QED) is 0.691. The van der Waals surface area contributed by atoms with Crippen molar-refractivity contribution in [1.29, 1.82) is 0 Å². The van der Waals surface area contributed by atoms with E-state index in [0.717, 1.165) is 11.8 Å². The van der Waals surface area contributed by atoms with E-state index in [0.29, 0.717) is 0 Å². The summed E-state index contributed by atoms with van der Waals surface area (Å²) in [4.78, 5) is 2.30. The van der Waals surface area contributed by atoms with Crippen LogP contribution in [0.2, 0.25) is 0 Å². The molecule has 0 spiro atoms. The summed E-state index contributed by atoms with van der Waals surface area (Å²) in [6.45, 7) is 3.57. The van der Waals surface area contributed by atoms with E-state index in [1.165, 1.54) is 13.0 Å². The number of hydrogen-bond donors (Lipinski definition) is 0. The van der Waals surface area contributed by atoms with Crippen LogP contribution in [0.5, 0.6) is 0 Å². The van der Waals surface area contributed by atoms with Crippen molar-refractivity contribution >= 4 is 0 Å². The van der Waals surface area contributed by atoms with Gasteiger partial charge in [-0.05, 0) is 43.5 Å². The molecule has 0 bridgehead atoms. The number of benzene rings is 1. The molecule has 1 aliphatic carbocycles. The largest absolute Gasteiger partial charge is 0.309 e. The summed E-state index contributed by atoms with van der Waals surface area (Å²) in [5.41, 5.74) is 3.13. The monoisotopic (exact) mass is 189 g/mol. The molecule has 1 nitrogen and oxygen atoms in total. The highest BCUT2D eigenvalue weighted by Crippen LogP contribution is 2.37. The summed E-state index contributed by atoms with van der Waals surface area (Å²) in [5, 5.41) is 0. The first-order valence-corrected chi connectivity index (χ1v) is 5.41. The minimum absolute atomic E-state index is 0.730. The molecule has 1 aliphatic rings. The molecular weight excluding hydrogens is 170 g/mol. The van der Waals surface area contributed by atoms with Crippen molar-refractivity contribution in [3.8, 4) is 0 Å². The van der Waals surface area contributed by atoms with Crippen LogP contribution >= 0.6 is 0 Å². The van der Waals surface area contributed by atoms with Gasteiger partial charge in [-0.3, -0.25) is 0 Å². The predicted molar refractivity (Wildman–Crippen MR) is 60.6 cm³/mol. The van der Waals surface area contributed by atoms with Crippen molar-refractivity contribution in [2.24, 2.45) is 5.92 Å². The zero-order valence-corrected chi connectivity index (χ0v) is 9.33. The average Bonchev–Trinajstić information content (AvgIpc) is 2.44. The molecule has 0 aromatic heterocycles. The first-order valence-electron chi connectivity index (χ1n) is 5.41. The van der Waals surface area contributed by atoms with Crippen LogP contribution in [0.15, 0.2) is 24.3 Å². The Hall–Kier alpha value is -0.820. The Morgan fingerprint density at radius 2 is 2.00 bits per heavy atom.